The van der Waals surface area contributed by atoms with Crippen molar-refractivity contribution in [2.75, 3.05) is 7.11 Å². The summed E-state index contributed by atoms with van der Waals surface area (Å²) in [4.78, 5) is 11.0. The lowest BCUT2D eigenvalue weighted by atomic mass is 10.0. The van der Waals surface area contributed by atoms with Crippen LogP contribution in [-0.2, 0) is 22.5 Å². The number of methoxy groups -OCH3 is 1. The number of carbonyl (C=O) groups excluding carboxylic acids is 1. The van der Waals surface area contributed by atoms with Gasteiger partial charge in [-0.05, 0) is 23.6 Å². The van der Waals surface area contributed by atoms with Gasteiger partial charge in [0, 0.05) is 6.54 Å². The Balaban J connectivity index is 2.81. The molecule has 0 atom stereocenters. The van der Waals surface area contributed by atoms with Gasteiger partial charge in [-0.3, -0.25) is 4.79 Å². The number of hydrogen-bond donors (Lipinski definition) is 1. The van der Waals surface area contributed by atoms with Crippen molar-refractivity contribution in [1.29, 1.82) is 0 Å². The molecule has 0 spiro atoms. The van der Waals surface area contributed by atoms with Crippen molar-refractivity contribution in [1.82, 2.24) is 0 Å². The van der Waals surface area contributed by atoms with Gasteiger partial charge in [0.25, 0.3) is 0 Å². The maximum absolute atomic E-state index is 11.0. The zero-order valence-electron chi connectivity index (χ0n) is 8.54. The smallest absolute Gasteiger partial charge is 0.309 e. The van der Waals surface area contributed by atoms with Crippen molar-refractivity contribution >= 4 is 5.97 Å². The minimum atomic E-state index is -0.218. The molecule has 14 heavy (non-hydrogen) atoms. The van der Waals surface area contributed by atoms with Crippen LogP contribution in [0.4, 0.5) is 0 Å². The predicted octanol–water partition coefficient (Wildman–Crippen LogP) is 1.17. The molecule has 0 heterocycles. The van der Waals surface area contributed by atoms with Gasteiger partial charge in [-0.25, -0.2) is 0 Å². The number of nitrogens with two attached hydrogens (primary N) is 1. The summed E-state index contributed by atoms with van der Waals surface area (Å²) in [5.74, 6) is -0.218. The Morgan fingerprint density at radius 2 is 2.21 bits per heavy atom. The van der Waals surface area contributed by atoms with E-state index in [0.717, 1.165) is 16.7 Å². The predicted molar refractivity (Wildman–Crippen MR) is 54.8 cm³/mol. The molecule has 0 aliphatic rings. The molecule has 2 N–H and O–H groups in total. The third-order valence-corrected chi connectivity index (χ3v) is 2.20. The molecule has 1 aromatic rings. The molecule has 0 saturated heterocycles. The molecule has 0 bridgehead atoms. The van der Waals surface area contributed by atoms with Gasteiger partial charge in [-0.1, -0.05) is 18.2 Å². The number of carbonyl (C=O) groups is 1. The Morgan fingerprint density at radius 3 is 2.71 bits per heavy atom. The third-order valence-electron chi connectivity index (χ3n) is 2.20. The summed E-state index contributed by atoms with van der Waals surface area (Å²) in [5.41, 5.74) is 8.73. The lowest BCUT2D eigenvalue weighted by molar-refractivity contribution is -0.139. The maximum atomic E-state index is 11.0. The van der Waals surface area contributed by atoms with E-state index in [1.54, 1.807) is 0 Å². The van der Waals surface area contributed by atoms with E-state index in [1.807, 2.05) is 25.1 Å². The van der Waals surface area contributed by atoms with E-state index in [4.69, 9.17) is 5.73 Å². The topological polar surface area (TPSA) is 52.3 Å². The van der Waals surface area contributed by atoms with Crippen LogP contribution in [0.5, 0.6) is 0 Å². The molecule has 1 rings (SSSR count). The minimum absolute atomic E-state index is 0.218. The van der Waals surface area contributed by atoms with Crippen molar-refractivity contribution in [3.05, 3.63) is 34.9 Å². The number of aryl methyl sites for hydroxylation is 1. The van der Waals surface area contributed by atoms with Crippen LogP contribution in [0.15, 0.2) is 18.2 Å². The number of benzene rings is 1. The van der Waals surface area contributed by atoms with E-state index in [0.29, 0.717) is 13.0 Å². The summed E-state index contributed by atoms with van der Waals surface area (Å²) >= 11 is 0. The van der Waals surface area contributed by atoms with E-state index in [9.17, 15) is 4.79 Å². The molecule has 0 fully saturated rings. The van der Waals surface area contributed by atoms with Crippen LogP contribution in [0.3, 0.4) is 0 Å². The van der Waals surface area contributed by atoms with Gasteiger partial charge in [-0.15, -0.1) is 0 Å². The van der Waals surface area contributed by atoms with E-state index in [1.165, 1.54) is 7.11 Å². The fourth-order valence-corrected chi connectivity index (χ4v) is 1.34. The molecule has 0 radical (unpaired) electrons. The highest BCUT2D eigenvalue weighted by Gasteiger charge is 2.04. The van der Waals surface area contributed by atoms with Crippen molar-refractivity contribution in [3.8, 4) is 0 Å². The van der Waals surface area contributed by atoms with E-state index >= 15 is 0 Å². The van der Waals surface area contributed by atoms with Gasteiger partial charge in [0.1, 0.15) is 0 Å². The first-order chi connectivity index (χ1) is 6.67. The van der Waals surface area contributed by atoms with Crippen LogP contribution in [-0.4, -0.2) is 13.1 Å². The summed E-state index contributed by atoms with van der Waals surface area (Å²) in [7, 11) is 1.39. The molecule has 0 aromatic heterocycles. The molecular weight excluding hydrogens is 178 g/mol. The number of ether oxygens (including phenoxy) is 1. The molecular formula is C11H15NO2. The average molecular weight is 193 g/mol. The zero-order valence-corrected chi connectivity index (χ0v) is 8.54. The second-order valence-electron chi connectivity index (χ2n) is 3.22. The first-order valence-corrected chi connectivity index (χ1v) is 4.52. The van der Waals surface area contributed by atoms with Crippen LogP contribution in [0.2, 0.25) is 0 Å². The third kappa shape index (κ3) is 2.57. The quantitative estimate of drug-likeness (QED) is 0.733. The largest absolute Gasteiger partial charge is 0.469 e. The van der Waals surface area contributed by atoms with Crippen LogP contribution in [0, 0.1) is 6.92 Å². The average Bonchev–Trinajstić information content (AvgIpc) is 2.18. The Kier molecular flexibility index (Phi) is 3.65. The second kappa shape index (κ2) is 4.77. The molecule has 3 nitrogen and oxygen atoms in total. The van der Waals surface area contributed by atoms with Crippen LogP contribution < -0.4 is 5.73 Å². The summed E-state index contributed by atoms with van der Waals surface area (Å²) < 4.78 is 4.59. The first-order valence-electron chi connectivity index (χ1n) is 4.52. The van der Waals surface area contributed by atoms with Crippen molar-refractivity contribution < 1.29 is 9.53 Å². The molecule has 76 valence electrons. The SMILES string of the molecule is COC(=O)Cc1ccc(CN)c(C)c1. The van der Waals surface area contributed by atoms with Crippen molar-refractivity contribution in [3.63, 3.8) is 0 Å². The van der Waals surface area contributed by atoms with Crippen LogP contribution >= 0.6 is 0 Å². The summed E-state index contributed by atoms with van der Waals surface area (Å²) in [6.45, 7) is 2.52. The molecule has 0 saturated carbocycles. The fraction of sp³-hybridized carbons (Fsp3) is 0.364. The molecule has 0 aliphatic heterocycles. The van der Waals surface area contributed by atoms with Gasteiger partial charge in [0.05, 0.1) is 13.5 Å². The number of hydrogen-bond acceptors (Lipinski definition) is 3. The normalized spacial score (nSPS) is 9.93. The lowest BCUT2D eigenvalue weighted by Crippen LogP contribution is -2.06. The molecule has 0 unspecified atom stereocenters. The Bertz CT molecular complexity index is 334. The summed E-state index contributed by atoms with van der Waals surface area (Å²) in [5, 5.41) is 0. The highest BCUT2D eigenvalue weighted by Crippen LogP contribution is 2.11. The fourth-order valence-electron chi connectivity index (χ4n) is 1.34. The highest BCUT2D eigenvalue weighted by molar-refractivity contribution is 5.72. The molecule has 0 aliphatic carbocycles. The monoisotopic (exact) mass is 193 g/mol. The van der Waals surface area contributed by atoms with Crippen LogP contribution in [0.1, 0.15) is 16.7 Å². The maximum Gasteiger partial charge on any atom is 0.309 e. The van der Waals surface area contributed by atoms with Gasteiger partial charge in [-0.2, -0.15) is 0 Å². The van der Waals surface area contributed by atoms with Gasteiger partial charge >= 0.3 is 5.97 Å². The number of rotatable bonds is 3. The van der Waals surface area contributed by atoms with Crippen molar-refractivity contribution in [2.24, 2.45) is 5.73 Å². The van der Waals surface area contributed by atoms with Gasteiger partial charge in [0.2, 0.25) is 0 Å². The minimum Gasteiger partial charge on any atom is -0.469 e. The molecule has 1 aromatic carbocycles. The Morgan fingerprint density at radius 1 is 1.50 bits per heavy atom. The highest BCUT2D eigenvalue weighted by atomic mass is 16.5. The second-order valence-corrected chi connectivity index (χ2v) is 3.22. The molecule has 3 heteroatoms. The Labute approximate surface area is 83.9 Å². The van der Waals surface area contributed by atoms with Gasteiger partial charge in [0.15, 0.2) is 0 Å². The number of esters is 1. The lowest BCUT2D eigenvalue weighted by Gasteiger charge is -2.05. The summed E-state index contributed by atoms with van der Waals surface area (Å²) in [6.07, 6.45) is 0.322. The van der Waals surface area contributed by atoms with E-state index in [-0.39, 0.29) is 5.97 Å². The first kappa shape index (κ1) is 10.7. The molecule has 0 amide bonds. The Hall–Kier alpha value is -1.35. The van der Waals surface area contributed by atoms with E-state index in [2.05, 4.69) is 4.74 Å². The zero-order chi connectivity index (χ0) is 10.6. The van der Waals surface area contributed by atoms with Crippen molar-refractivity contribution in [2.45, 2.75) is 19.9 Å². The van der Waals surface area contributed by atoms with Gasteiger partial charge < -0.3 is 10.5 Å². The van der Waals surface area contributed by atoms with E-state index < -0.39 is 0 Å². The standard InChI is InChI=1S/C11H15NO2/c1-8-5-9(6-11(13)14-2)3-4-10(8)7-12/h3-5H,6-7,12H2,1-2H3. The van der Waals surface area contributed by atoms with Crippen LogP contribution in [0.25, 0.3) is 0 Å². The summed E-state index contributed by atoms with van der Waals surface area (Å²) in [6, 6.07) is 5.83.